The summed E-state index contributed by atoms with van der Waals surface area (Å²) in [6, 6.07) is 8.86. The van der Waals surface area contributed by atoms with Crippen LogP contribution in [0.15, 0.2) is 29.2 Å². The molecule has 1 aromatic carbocycles. The molecule has 1 aliphatic heterocycles. The Morgan fingerprint density at radius 3 is 2.84 bits per heavy atom. The zero-order chi connectivity index (χ0) is 13.1. The zero-order valence-corrected chi connectivity index (χ0v) is 13.3. The zero-order valence-electron chi connectivity index (χ0n) is 11.7. The smallest absolute Gasteiger partial charge is 0.0281 e. The normalized spacial score (nSPS) is 24.6. The number of hydrogen-bond donors (Lipinski definition) is 1. The van der Waals surface area contributed by atoms with Crippen molar-refractivity contribution in [2.45, 2.75) is 47.0 Å². The quantitative estimate of drug-likeness (QED) is 0.882. The monoisotopic (exact) mass is 293 g/mol. The minimum Gasteiger partial charge on any atom is -0.314 e. The van der Waals surface area contributed by atoms with Gasteiger partial charge >= 0.3 is 0 Å². The summed E-state index contributed by atoms with van der Waals surface area (Å²) in [7, 11) is 0. The number of benzene rings is 1. The van der Waals surface area contributed by atoms with Crippen molar-refractivity contribution >= 4 is 23.5 Å². The first kappa shape index (κ1) is 13.8. The molecular formula is C16H23NS2. The highest BCUT2D eigenvalue weighted by atomic mass is 32.2. The number of hydrogen-bond acceptors (Lipinski definition) is 3. The lowest BCUT2D eigenvalue weighted by Gasteiger charge is -2.27. The van der Waals surface area contributed by atoms with Gasteiger partial charge in [-0.1, -0.05) is 31.0 Å². The largest absolute Gasteiger partial charge is 0.314 e. The van der Waals surface area contributed by atoms with E-state index in [4.69, 9.17) is 0 Å². The fraction of sp³-hybridized carbons (Fsp3) is 0.625. The number of nitrogens with one attached hydrogen (secondary N) is 1. The second-order valence-corrected chi connectivity index (χ2v) is 8.39. The van der Waals surface area contributed by atoms with E-state index in [-0.39, 0.29) is 0 Å². The van der Waals surface area contributed by atoms with Crippen LogP contribution < -0.4 is 5.32 Å². The number of thioether (sulfide) groups is 2. The molecule has 1 fully saturated rings. The highest BCUT2D eigenvalue weighted by Crippen LogP contribution is 2.40. The van der Waals surface area contributed by atoms with Crippen LogP contribution in [-0.2, 0) is 6.42 Å². The molecule has 0 aromatic heterocycles. The fourth-order valence-corrected chi connectivity index (χ4v) is 5.53. The van der Waals surface area contributed by atoms with Crippen LogP contribution in [0.2, 0.25) is 0 Å². The summed E-state index contributed by atoms with van der Waals surface area (Å²) in [6.07, 6.45) is 9.17. The van der Waals surface area contributed by atoms with Gasteiger partial charge in [0.25, 0.3) is 0 Å². The third kappa shape index (κ3) is 3.14. The SMILES string of the molecule is CSC1(CNCC2Cc3ccccc3S2)CCCC1. The van der Waals surface area contributed by atoms with E-state index in [9.17, 15) is 0 Å². The van der Waals surface area contributed by atoms with Gasteiger partial charge in [0.2, 0.25) is 0 Å². The van der Waals surface area contributed by atoms with Crippen LogP contribution in [-0.4, -0.2) is 29.3 Å². The molecule has 0 amide bonds. The van der Waals surface area contributed by atoms with Crippen molar-refractivity contribution in [3.05, 3.63) is 29.8 Å². The lowest BCUT2D eigenvalue weighted by Crippen LogP contribution is -2.38. The standard InChI is InChI=1S/C16H23NS2/c1-18-16(8-4-5-9-16)12-17-11-14-10-13-6-2-3-7-15(13)19-14/h2-3,6-7,14,17H,4-5,8-12H2,1H3. The van der Waals surface area contributed by atoms with Gasteiger partial charge in [-0.15, -0.1) is 11.8 Å². The first-order valence-corrected chi connectivity index (χ1v) is 9.42. The lowest BCUT2D eigenvalue weighted by molar-refractivity contribution is 0.531. The third-order valence-electron chi connectivity index (χ3n) is 4.48. The van der Waals surface area contributed by atoms with Gasteiger partial charge < -0.3 is 5.32 Å². The van der Waals surface area contributed by atoms with E-state index in [1.807, 2.05) is 0 Å². The van der Waals surface area contributed by atoms with E-state index < -0.39 is 0 Å². The maximum absolute atomic E-state index is 3.75. The highest BCUT2D eigenvalue weighted by Gasteiger charge is 2.32. The molecule has 1 atom stereocenters. The van der Waals surface area contributed by atoms with Crippen molar-refractivity contribution in [1.29, 1.82) is 0 Å². The molecule has 1 aromatic rings. The molecule has 1 aliphatic carbocycles. The van der Waals surface area contributed by atoms with E-state index in [0.29, 0.717) is 4.75 Å². The Labute approximate surface area is 125 Å². The average molecular weight is 294 g/mol. The molecule has 0 saturated heterocycles. The maximum Gasteiger partial charge on any atom is 0.0281 e. The molecule has 3 rings (SSSR count). The van der Waals surface area contributed by atoms with Crippen LogP contribution in [0.5, 0.6) is 0 Å². The van der Waals surface area contributed by atoms with Crippen LogP contribution >= 0.6 is 23.5 Å². The average Bonchev–Trinajstić information content (AvgIpc) is 3.05. The summed E-state index contributed by atoms with van der Waals surface area (Å²) < 4.78 is 0.538. The summed E-state index contributed by atoms with van der Waals surface area (Å²) in [5.74, 6) is 0. The molecule has 1 unspecified atom stereocenters. The van der Waals surface area contributed by atoms with Crippen molar-refractivity contribution in [1.82, 2.24) is 5.32 Å². The summed E-state index contributed by atoms with van der Waals surface area (Å²) in [5.41, 5.74) is 1.54. The van der Waals surface area contributed by atoms with Crippen molar-refractivity contribution in [2.24, 2.45) is 0 Å². The molecule has 0 radical (unpaired) electrons. The topological polar surface area (TPSA) is 12.0 Å². The second-order valence-electron chi connectivity index (χ2n) is 5.78. The summed E-state index contributed by atoms with van der Waals surface area (Å²) in [6.45, 7) is 2.35. The van der Waals surface area contributed by atoms with Gasteiger partial charge in [-0.05, 0) is 37.1 Å². The van der Waals surface area contributed by atoms with E-state index >= 15 is 0 Å². The Morgan fingerprint density at radius 2 is 2.11 bits per heavy atom. The summed E-state index contributed by atoms with van der Waals surface area (Å²) in [5, 5.41) is 4.49. The predicted octanol–water partition coefficient (Wildman–Crippen LogP) is 3.97. The van der Waals surface area contributed by atoms with Crippen molar-refractivity contribution in [3.8, 4) is 0 Å². The minimum atomic E-state index is 0.538. The van der Waals surface area contributed by atoms with Crippen LogP contribution in [0.25, 0.3) is 0 Å². The molecule has 0 bridgehead atoms. The van der Waals surface area contributed by atoms with Gasteiger partial charge in [0.05, 0.1) is 0 Å². The molecule has 1 heterocycles. The van der Waals surface area contributed by atoms with Crippen LogP contribution in [0.1, 0.15) is 31.2 Å². The lowest BCUT2D eigenvalue weighted by atomic mass is 10.1. The molecule has 2 aliphatic rings. The predicted molar refractivity (Wildman–Crippen MR) is 87.4 cm³/mol. The van der Waals surface area contributed by atoms with Crippen LogP contribution in [0.3, 0.4) is 0 Å². The van der Waals surface area contributed by atoms with Gasteiger partial charge in [-0.3, -0.25) is 0 Å². The molecule has 3 heteroatoms. The third-order valence-corrected chi connectivity index (χ3v) is 7.22. The van der Waals surface area contributed by atoms with Gasteiger partial charge in [-0.2, -0.15) is 11.8 Å². The molecule has 0 spiro atoms. The Kier molecular flexibility index (Phi) is 4.45. The molecule has 19 heavy (non-hydrogen) atoms. The Bertz CT molecular complexity index is 402. The fourth-order valence-electron chi connectivity index (χ4n) is 3.30. The van der Waals surface area contributed by atoms with E-state index in [0.717, 1.165) is 11.8 Å². The number of rotatable bonds is 5. The van der Waals surface area contributed by atoms with E-state index in [1.165, 1.54) is 43.5 Å². The Morgan fingerprint density at radius 1 is 1.32 bits per heavy atom. The number of fused-ring (bicyclic) bond motifs is 1. The van der Waals surface area contributed by atoms with Crippen molar-refractivity contribution in [2.75, 3.05) is 19.3 Å². The minimum absolute atomic E-state index is 0.538. The molecule has 1 N–H and O–H groups in total. The molecule has 1 saturated carbocycles. The first-order chi connectivity index (χ1) is 9.31. The first-order valence-electron chi connectivity index (χ1n) is 7.32. The van der Waals surface area contributed by atoms with Crippen molar-refractivity contribution < 1.29 is 0 Å². The summed E-state index contributed by atoms with van der Waals surface area (Å²) >= 11 is 4.14. The summed E-state index contributed by atoms with van der Waals surface area (Å²) in [4.78, 5) is 1.50. The van der Waals surface area contributed by atoms with E-state index in [1.54, 1.807) is 5.56 Å². The maximum atomic E-state index is 3.75. The molecular weight excluding hydrogens is 270 g/mol. The molecule has 1 nitrogen and oxygen atoms in total. The van der Waals surface area contributed by atoms with Gasteiger partial charge in [-0.25, -0.2) is 0 Å². The molecule has 104 valence electrons. The van der Waals surface area contributed by atoms with Gasteiger partial charge in [0.15, 0.2) is 0 Å². The van der Waals surface area contributed by atoms with Crippen LogP contribution in [0, 0.1) is 0 Å². The second kappa shape index (κ2) is 6.11. The van der Waals surface area contributed by atoms with Gasteiger partial charge in [0, 0.05) is 28.0 Å². The van der Waals surface area contributed by atoms with Gasteiger partial charge in [0.1, 0.15) is 0 Å². The van der Waals surface area contributed by atoms with Crippen LogP contribution in [0.4, 0.5) is 0 Å². The Balaban J connectivity index is 1.47. The van der Waals surface area contributed by atoms with E-state index in [2.05, 4.69) is 59.4 Å². The highest BCUT2D eigenvalue weighted by molar-refractivity contribution is 8.00. The van der Waals surface area contributed by atoms with Crippen molar-refractivity contribution in [3.63, 3.8) is 0 Å². The Hall–Kier alpha value is -0.120.